The van der Waals surface area contributed by atoms with Crippen LogP contribution < -0.4 is 0 Å². The first-order valence-corrected chi connectivity index (χ1v) is 8.33. The maximum Gasteiger partial charge on any atom is 0.354 e. The molecule has 0 amide bonds. The fourth-order valence-corrected chi connectivity index (χ4v) is 2.76. The van der Waals surface area contributed by atoms with Crippen molar-refractivity contribution < 1.29 is 15.0 Å². The van der Waals surface area contributed by atoms with E-state index in [1.807, 2.05) is 31.2 Å². The Balaban J connectivity index is 2.56. The molecule has 0 saturated heterocycles. The number of carboxylic acid groups (broad SMARTS) is 1. The second-order valence-electron chi connectivity index (χ2n) is 6.05. The maximum atomic E-state index is 11.8. The molecule has 0 spiro atoms. The highest BCUT2D eigenvalue weighted by atomic mass is 79.9. The van der Waals surface area contributed by atoms with Crippen LogP contribution in [-0.4, -0.2) is 25.7 Å². The zero-order valence-electron chi connectivity index (χ0n) is 13.5. The van der Waals surface area contributed by atoms with Crippen molar-refractivity contribution in [2.45, 2.75) is 45.8 Å². The average Bonchev–Trinajstić information content (AvgIpc) is 2.81. The molecule has 0 unspecified atom stereocenters. The summed E-state index contributed by atoms with van der Waals surface area (Å²) in [7, 11) is 0. The van der Waals surface area contributed by atoms with E-state index < -0.39 is 11.6 Å². The molecule has 124 valence electrons. The van der Waals surface area contributed by atoms with Crippen molar-refractivity contribution >= 4 is 21.9 Å². The molecule has 6 heteroatoms. The average molecular weight is 381 g/mol. The zero-order chi connectivity index (χ0) is 17.2. The molecule has 1 aromatic carbocycles. The molecular weight excluding hydrogens is 360 g/mol. The Hall–Kier alpha value is -1.66. The topological polar surface area (TPSA) is 75.3 Å². The second-order valence-corrected chi connectivity index (χ2v) is 6.97. The van der Waals surface area contributed by atoms with Gasteiger partial charge in [-0.05, 0) is 38.0 Å². The van der Waals surface area contributed by atoms with Crippen LogP contribution in [0.2, 0.25) is 0 Å². The van der Waals surface area contributed by atoms with Crippen LogP contribution in [0.5, 0.6) is 0 Å². The lowest BCUT2D eigenvalue weighted by atomic mass is 10.0. The van der Waals surface area contributed by atoms with Gasteiger partial charge in [0.2, 0.25) is 0 Å². The Labute approximate surface area is 144 Å². The summed E-state index contributed by atoms with van der Waals surface area (Å²) in [6.45, 7) is 5.54. The maximum absolute atomic E-state index is 11.8. The summed E-state index contributed by atoms with van der Waals surface area (Å²) in [6.07, 6.45) is 1.51. The first-order valence-electron chi connectivity index (χ1n) is 7.54. The minimum Gasteiger partial charge on any atom is -0.477 e. The summed E-state index contributed by atoms with van der Waals surface area (Å²) in [5.41, 5.74) is -0.0524. The molecule has 2 rings (SSSR count). The minimum absolute atomic E-state index is 0.0591. The highest BCUT2D eigenvalue weighted by Crippen LogP contribution is 2.26. The van der Waals surface area contributed by atoms with Gasteiger partial charge < -0.3 is 14.8 Å². The van der Waals surface area contributed by atoms with Crippen LogP contribution in [0, 0.1) is 0 Å². The number of hydrogen-bond acceptors (Lipinski definition) is 3. The van der Waals surface area contributed by atoms with E-state index in [2.05, 4.69) is 20.9 Å². The number of imidazole rings is 1. The molecular formula is C17H21BrN2O3. The molecule has 1 aromatic heterocycles. The van der Waals surface area contributed by atoms with Gasteiger partial charge in [-0.25, -0.2) is 9.78 Å². The molecule has 0 fully saturated rings. The monoisotopic (exact) mass is 380 g/mol. The van der Waals surface area contributed by atoms with Gasteiger partial charge in [-0.15, -0.1) is 0 Å². The number of aromatic nitrogens is 2. The van der Waals surface area contributed by atoms with E-state index >= 15 is 0 Å². The largest absolute Gasteiger partial charge is 0.477 e. The predicted octanol–water partition coefficient (Wildman–Crippen LogP) is 3.57. The molecule has 23 heavy (non-hydrogen) atoms. The molecule has 5 nitrogen and oxygen atoms in total. The van der Waals surface area contributed by atoms with Crippen LogP contribution in [0.15, 0.2) is 28.7 Å². The van der Waals surface area contributed by atoms with Gasteiger partial charge in [0.05, 0.1) is 0 Å². The van der Waals surface area contributed by atoms with E-state index in [1.165, 1.54) is 0 Å². The molecule has 2 aromatic rings. The number of carboxylic acids is 1. The van der Waals surface area contributed by atoms with Gasteiger partial charge >= 0.3 is 5.97 Å². The summed E-state index contributed by atoms with van der Waals surface area (Å²) in [5, 5.41) is 19.9. The van der Waals surface area contributed by atoms with Crippen molar-refractivity contribution in [1.82, 2.24) is 9.55 Å². The van der Waals surface area contributed by atoms with Gasteiger partial charge in [0.15, 0.2) is 5.69 Å². The van der Waals surface area contributed by atoms with Gasteiger partial charge in [-0.1, -0.05) is 35.0 Å². The van der Waals surface area contributed by atoms with Gasteiger partial charge in [-0.2, -0.15) is 0 Å². The van der Waals surface area contributed by atoms with Crippen LogP contribution in [0.4, 0.5) is 0 Å². The van der Waals surface area contributed by atoms with E-state index in [1.54, 1.807) is 18.4 Å². The van der Waals surface area contributed by atoms with Gasteiger partial charge in [-0.3, -0.25) is 0 Å². The summed E-state index contributed by atoms with van der Waals surface area (Å²) in [4.78, 5) is 16.2. The highest BCUT2D eigenvalue weighted by Gasteiger charge is 2.31. The lowest BCUT2D eigenvalue weighted by Gasteiger charge is -2.16. The molecule has 1 heterocycles. The van der Waals surface area contributed by atoms with Crippen molar-refractivity contribution in [2.24, 2.45) is 0 Å². The number of aromatic carboxylic acids is 1. The first-order chi connectivity index (χ1) is 10.7. The van der Waals surface area contributed by atoms with Crippen LogP contribution in [-0.2, 0) is 18.6 Å². The summed E-state index contributed by atoms with van der Waals surface area (Å²) in [5.74, 6) is -0.390. The van der Waals surface area contributed by atoms with Crippen LogP contribution in [0.25, 0.3) is 0 Å². The number of nitrogens with zero attached hydrogens (tertiary/aromatic N) is 2. The molecule has 0 bridgehead atoms. The van der Waals surface area contributed by atoms with Crippen molar-refractivity contribution in [3.8, 4) is 0 Å². The van der Waals surface area contributed by atoms with Crippen LogP contribution in [0.1, 0.15) is 54.8 Å². The smallest absolute Gasteiger partial charge is 0.354 e. The van der Waals surface area contributed by atoms with Crippen molar-refractivity contribution in [3.05, 3.63) is 51.5 Å². The van der Waals surface area contributed by atoms with E-state index in [0.29, 0.717) is 18.8 Å². The number of halogens is 1. The van der Waals surface area contributed by atoms with Crippen LogP contribution >= 0.6 is 15.9 Å². The van der Waals surface area contributed by atoms with E-state index in [-0.39, 0.29) is 11.4 Å². The fraction of sp³-hybridized carbons (Fsp3) is 0.412. The number of hydrogen-bond donors (Lipinski definition) is 2. The summed E-state index contributed by atoms with van der Waals surface area (Å²) >= 11 is 3.39. The molecule has 0 aliphatic carbocycles. The van der Waals surface area contributed by atoms with Gasteiger partial charge in [0.1, 0.15) is 17.1 Å². The molecule has 0 aliphatic heterocycles. The van der Waals surface area contributed by atoms with Crippen molar-refractivity contribution in [2.75, 3.05) is 0 Å². The lowest BCUT2D eigenvalue weighted by molar-refractivity contribution is 0.0602. The van der Waals surface area contributed by atoms with E-state index in [4.69, 9.17) is 0 Å². The standard InChI is InChI=1S/C17H21BrN2O3/c1-4-5-13-19-15(17(2,3)23)14(16(21)22)20(13)10-11-6-8-12(18)9-7-11/h6-9,23H,4-5,10H2,1-3H3,(H,21,22). The molecule has 0 saturated carbocycles. The van der Waals surface area contributed by atoms with Crippen LogP contribution in [0.3, 0.4) is 0 Å². The van der Waals surface area contributed by atoms with E-state index in [9.17, 15) is 15.0 Å². The SMILES string of the molecule is CCCc1nc(C(C)(C)O)c(C(=O)O)n1Cc1ccc(Br)cc1. The normalized spacial score (nSPS) is 11.7. The van der Waals surface area contributed by atoms with Crippen molar-refractivity contribution in [1.29, 1.82) is 0 Å². The Morgan fingerprint density at radius 1 is 1.30 bits per heavy atom. The molecule has 0 radical (unpaired) electrons. The van der Waals surface area contributed by atoms with Crippen molar-refractivity contribution in [3.63, 3.8) is 0 Å². The number of carbonyl (C=O) groups is 1. The Morgan fingerprint density at radius 2 is 1.91 bits per heavy atom. The quantitative estimate of drug-likeness (QED) is 0.802. The summed E-state index contributed by atoms with van der Waals surface area (Å²) in [6, 6.07) is 7.72. The molecule has 2 N–H and O–H groups in total. The Bertz CT molecular complexity index is 700. The van der Waals surface area contributed by atoms with E-state index in [0.717, 1.165) is 16.5 Å². The van der Waals surface area contributed by atoms with Gasteiger partial charge in [0, 0.05) is 17.4 Å². The molecule has 0 aliphatic rings. The second kappa shape index (κ2) is 6.84. The zero-order valence-corrected chi connectivity index (χ0v) is 15.1. The number of benzene rings is 1. The minimum atomic E-state index is -1.30. The highest BCUT2D eigenvalue weighted by molar-refractivity contribution is 9.10. The third-order valence-corrected chi connectivity index (χ3v) is 4.08. The number of aryl methyl sites for hydroxylation is 1. The predicted molar refractivity (Wildman–Crippen MR) is 91.7 cm³/mol. The third kappa shape index (κ3) is 4.00. The number of aliphatic hydroxyl groups is 1. The lowest BCUT2D eigenvalue weighted by Crippen LogP contribution is -2.22. The third-order valence-electron chi connectivity index (χ3n) is 3.56. The first kappa shape index (κ1) is 17.7. The Kier molecular flexibility index (Phi) is 5.26. The van der Waals surface area contributed by atoms with Gasteiger partial charge in [0.25, 0.3) is 0 Å². The number of rotatable bonds is 6. The Morgan fingerprint density at radius 3 is 2.39 bits per heavy atom. The fourth-order valence-electron chi connectivity index (χ4n) is 2.50. The molecule has 0 atom stereocenters. The summed E-state index contributed by atoms with van der Waals surface area (Å²) < 4.78 is 2.67.